The zero-order valence-corrected chi connectivity index (χ0v) is 14.8. The number of benzene rings is 1. The second-order valence-electron chi connectivity index (χ2n) is 4.39. The molecule has 2 aromatic heterocycles. The minimum atomic E-state index is -3.48. The predicted molar refractivity (Wildman–Crippen MR) is 87.2 cm³/mol. The summed E-state index contributed by atoms with van der Waals surface area (Å²) in [5.41, 5.74) is 0.126. The van der Waals surface area contributed by atoms with Crippen LogP contribution in [0.5, 0.6) is 0 Å². The molecule has 3 aromatic rings. The molecule has 0 atom stereocenters. The summed E-state index contributed by atoms with van der Waals surface area (Å²) >= 11 is 10.0. The SMILES string of the molecule is CS(=O)(=O)c1nnc(-c2coc3c(Br)cc(Cl)cc3c2=O)s1. The standard InChI is InChI=1S/C12H6BrClN2O4S2/c1-22(18,19)12-16-15-11(21-12)7-4-20-10-6(9(7)17)2-5(14)3-8(10)13/h2-4H,1H3. The van der Waals surface area contributed by atoms with Crippen molar-refractivity contribution in [2.45, 2.75) is 4.34 Å². The summed E-state index contributed by atoms with van der Waals surface area (Å²) in [6, 6.07) is 3.09. The number of sulfone groups is 1. The van der Waals surface area contributed by atoms with Gasteiger partial charge in [0, 0.05) is 11.3 Å². The Morgan fingerprint density at radius 1 is 1.32 bits per heavy atom. The lowest BCUT2D eigenvalue weighted by molar-refractivity contribution is 0.600. The van der Waals surface area contributed by atoms with Crippen LogP contribution in [0, 0.1) is 0 Å². The molecule has 0 fully saturated rings. The Morgan fingerprint density at radius 3 is 2.68 bits per heavy atom. The molecule has 0 unspecified atom stereocenters. The highest BCUT2D eigenvalue weighted by Gasteiger charge is 2.19. The van der Waals surface area contributed by atoms with Gasteiger partial charge < -0.3 is 4.42 Å². The Labute approximate surface area is 141 Å². The van der Waals surface area contributed by atoms with Crippen molar-refractivity contribution in [1.82, 2.24) is 10.2 Å². The van der Waals surface area contributed by atoms with E-state index in [-0.39, 0.29) is 25.7 Å². The van der Waals surface area contributed by atoms with Gasteiger partial charge in [-0.25, -0.2) is 8.42 Å². The van der Waals surface area contributed by atoms with E-state index in [1.54, 1.807) is 6.07 Å². The van der Waals surface area contributed by atoms with Crippen LogP contribution in [0.2, 0.25) is 5.02 Å². The molecule has 10 heteroatoms. The van der Waals surface area contributed by atoms with Crippen molar-refractivity contribution in [3.8, 4) is 10.6 Å². The normalized spacial score (nSPS) is 12.0. The molecule has 6 nitrogen and oxygen atoms in total. The largest absolute Gasteiger partial charge is 0.462 e. The van der Waals surface area contributed by atoms with E-state index in [1.165, 1.54) is 12.3 Å². The van der Waals surface area contributed by atoms with E-state index in [0.29, 0.717) is 15.1 Å². The molecule has 0 bridgehead atoms. The zero-order chi connectivity index (χ0) is 16.1. The Bertz CT molecular complexity index is 1060. The highest BCUT2D eigenvalue weighted by molar-refractivity contribution is 9.10. The molecule has 1 aromatic carbocycles. The molecular formula is C12H6BrClN2O4S2. The molecule has 2 heterocycles. The van der Waals surface area contributed by atoms with E-state index in [1.807, 2.05) is 0 Å². The Morgan fingerprint density at radius 2 is 2.05 bits per heavy atom. The van der Waals surface area contributed by atoms with Gasteiger partial charge in [-0.3, -0.25) is 4.79 Å². The quantitative estimate of drug-likeness (QED) is 0.631. The zero-order valence-electron chi connectivity index (χ0n) is 10.8. The van der Waals surface area contributed by atoms with Gasteiger partial charge in [0.15, 0.2) is 10.6 Å². The van der Waals surface area contributed by atoms with Crippen LogP contribution in [0.15, 0.2) is 36.4 Å². The lowest BCUT2D eigenvalue weighted by Crippen LogP contribution is -2.04. The summed E-state index contributed by atoms with van der Waals surface area (Å²) < 4.78 is 28.7. The Balaban J connectivity index is 2.27. The molecule has 114 valence electrons. The van der Waals surface area contributed by atoms with Crippen molar-refractivity contribution in [3.05, 3.63) is 38.1 Å². The molecule has 0 saturated heterocycles. The molecule has 0 aliphatic rings. The van der Waals surface area contributed by atoms with Crippen molar-refractivity contribution in [3.63, 3.8) is 0 Å². The van der Waals surface area contributed by atoms with Crippen LogP contribution in [-0.4, -0.2) is 24.9 Å². The first-order valence-electron chi connectivity index (χ1n) is 5.72. The van der Waals surface area contributed by atoms with Crippen LogP contribution in [0.1, 0.15) is 0 Å². The molecule has 0 amide bonds. The number of nitrogens with zero attached hydrogens (tertiary/aromatic N) is 2. The molecular weight excluding hydrogens is 416 g/mol. The average Bonchev–Trinajstić information content (AvgIpc) is 2.89. The summed E-state index contributed by atoms with van der Waals surface area (Å²) in [6.07, 6.45) is 2.26. The monoisotopic (exact) mass is 420 g/mol. The van der Waals surface area contributed by atoms with Crippen LogP contribution in [0.4, 0.5) is 0 Å². The number of halogens is 2. The summed E-state index contributed by atoms with van der Waals surface area (Å²) in [5.74, 6) is 0. The molecule has 0 aliphatic carbocycles. The first-order valence-corrected chi connectivity index (χ1v) is 9.60. The van der Waals surface area contributed by atoms with Gasteiger partial charge in [0.25, 0.3) is 0 Å². The average molecular weight is 422 g/mol. The van der Waals surface area contributed by atoms with E-state index < -0.39 is 9.84 Å². The van der Waals surface area contributed by atoms with E-state index in [0.717, 1.165) is 17.6 Å². The van der Waals surface area contributed by atoms with Crippen molar-refractivity contribution in [2.24, 2.45) is 0 Å². The van der Waals surface area contributed by atoms with Gasteiger partial charge in [-0.05, 0) is 28.1 Å². The summed E-state index contributed by atoms with van der Waals surface area (Å²) in [4.78, 5) is 12.5. The molecule has 0 spiro atoms. The number of hydrogen-bond donors (Lipinski definition) is 0. The lowest BCUT2D eigenvalue weighted by atomic mass is 10.2. The maximum absolute atomic E-state index is 12.5. The van der Waals surface area contributed by atoms with Gasteiger partial charge in [-0.15, -0.1) is 10.2 Å². The Hall–Kier alpha value is -1.29. The fraction of sp³-hybridized carbons (Fsp3) is 0.0833. The second kappa shape index (κ2) is 5.41. The van der Waals surface area contributed by atoms with Crippen molar-refractivity contribution < 1.29 is 12.8 Å². The van der Waals surface area contributed by atoms with Crippen LogP contribution in [0.3, 0.4) is 0 Å². The maximum atomic E-state index is 12.5. The highest BCUT2D eigenvalue weighted by atomic mass is 79.9. The molecule has 0 N–H and O–H groups in total. The fourth-order valence-electron chi connectivity index (χ4n) is 1.78. The third-order valence-corrected chi connectivity index (χ3v) is 6.18. The van der Waals surface area contributed by atoms with Gasteiger partial charge in [0.2, 0.25) is 19.6 Å². The molecule has 3 rings (SSSR count). The number of hydrogen-bond acceptors (Lipinski definition) is 7. The van der Waals surface area contributed by atoms with E-state index in [4.69, 9.17) is 16.0 Å². The van der Waals surface area contributed by atoms with Gasteiger partial charge in [-0.2, -0.15) is 0 Å². The van der Waals surface area contributed by atoms with Crippen LogP contribution in [-0.2, 0) is 9.84 Å². The van der Waals surface area contributed by atoms with Crippen molar-refractivity contribution >= 4 is 59.7 Å². The fourth-order valence-corrected chi connectivity index (χ4v) is 4.30. The maximum Gasteiger partial charge on any atom is 0.232 e. The third kappa shape index (κ3) is 2.69. The van der Waals surface area contributed by atoms with Crippen molar-refractivity contribution in [1.29, 1.82) is 0 Å². The minimum absolute atomic E-state index is 0.133. The molecule has 22 heavy (non-hydrogen) atoms. The van der Waals surface area contributed by atoms with Crippen molar-refractivity contribution in [2.75, 3.05) is 6.26 Å². The minimum Gasteiger partial charge on any atom is -0.462 e. The van der Waals surface area contributed by atoms with E-state index >= 15 is 0 Å². The van der Waals surface area contributed by atoms with E-state index in [9.17, 15) is 13.2 Å². The number of rotatable bonds is 2. The van der Waals surface area contributed by atoms with Crippen LogP contribution in [0.25, 0.3) is 21.5 Å². The lowest BCUT2D eigenvalue weighted by Gasteiger charge is -2.02. The molecule has 0 aliphatic heterocycles. The highest BCUT2D eigenvalue weighted by Crippen LogP contribution is 2.30. The molecule has 0 saturated carbocycles. The first-order chi connectivity index (χ1) is 10.3. The van der Waals surface area contributed by atoms with Gasteiger partial charge in [0.05, 0.1) is 15.4 Å². The number of aromatic nitrogens is 2. The molecule has 0 radical (unpaired) electrons. The predicted octanol–water partition coefficient (Wildman–Crippen LogP) is 3.13. The number of fused-ring (bicyclic) bond motifs is 1. The van der Waals surface area contributed by atoms with Gasteiger partial charge in [0.1, 0.15) is 6.26 Å². The topological polar surface area (TPSA) is 90.1 Å². The summed E-state index contributed by atoms with van der Waals surface area (Å²) in [5, 5.41) is 8.15. The third-order valence-electron chi connectivity index (χ3n) is 2.75. The summed E-state index contributed by atoms with van der Waals surface area (Å²) in [6.45, 7) is 0. The van der Waals surface area contributed by atoms with E-state index in [2.05, 4.69) is 26.1 Å². The summed E-state index contributed by atoms with van der Waals surface area (Å²) in [7, 11) is -3.48. The van der Waals surface area contributed by atoms with Crippen LogP contribution >= 0.6 is 38.9 Å². The first kappa shape index (κ1) is 15.6. The van der Waals surface area contributed by atoms with Crippen LogP contribution < -0.4 is 5.43 Å². The second-order valence-corrected chi connectivity index (χ2v) is 8.85. The smallest absolute Gasteiger partial charge is 0.232 e. The van der Waals surface area contributed by atoms with Gasteiger partial charge >= 0.3 is 0 Å². The van der Waals surface area contributed by atoms with Gasteiger partial charge in [-0.1, -0.05) is 22.9 Å². The Kier molecular flexibility index (Phi) is 3.84.